The molecule has 1 amide bonds. The van der Waals surface area contributed by atoms with E-state index >= 15 is 0 Å². The Bertz CT molecular complexity index is 217. The summed E-state index contributed by atoms with van der Waals surface area (Å²) >= 11 is 0. The molecule has 0 saturated carbocycles. The molecule has 0 aliphatic carbocycles. The average molecular weight is 244 g/mol. The third-order valence-electron chi connectivity index (χ3n) is 3.12. The number of amides is 1. The van der Waals surface area contributed by atoms with Gasteiger partial charge in [-0.1, -0.05) is 20.8 Å². The molecule has 1 unspecified atom stereocenters. The van der Waals surface area contributed by atoms with Crippen molar-refractivity contribution in [3.8, 4) is 0 Å². The van der Waals surface area contributed by atoms with Crippen molar-refractivity contribution in [2.75, 3.05) is 13.1 Å². The van der Waals surface area contributed by atoms with Gasteiger partial charge in [-0.15, -0.1) is 0 Å². The van der Waals surface area contributed by atoms with E-state index in [2.05, 4.69) is 19.2 Å². The Morgan fingerprint density at radius 3 is 2.59 bits per heavy atom. The zero-order valence-electron chi connectivity index (χ0n) is 11.5. The first-order valence-corrected chi connectivity index (χ1v) is 6.56. The van der Waals surface area contributed by atoms with Crippen LogP contribution in [0.5, 0.6) is 0 Å². The molecular formula is C13H28N2O2. The van der Waals surface area contributed by atoms with E-state index in [1.807, 2.05) is 6.92 Å². The molecule has 0 spiro atoms. The van der Waals surface area contributed by atoms with Crippen LogP contribution in [0.2, 0.25) is 0 Å². The topological polar surface area (TPSA) is 75.3 Å². The number of hydrogen-bond donors (Lipinski definition) is 3. The number of aliphatic hydroxyl groups is 1. The number of carbonyl (C=O) groups excluding carboxylic acids is 1. The number of nitrogens with two attached hydrogens (primary N) is 1. The first-order valence-electron chi connectivity index (χ1n) is 6.56. The molecule has 0 bridgehead atoms. The monoisotopic (exact) mass is 244 g/mol. The maximum Gasteiger partial charge on any atom is 0.220 e. The standard InChI is InChI=1S/C13H28N2O2/c1-4-11(16)6-10-15-12(17)5-7-13(2,3)8-9-14/h11,16H,4-10,14H2,1-3H3,(H,15,17). The van der Waals surface area contributed by atoms with E-state index in [-0.39, 0.29) is 17.4 Å². The summed E-state index contributed by atoms with van der Waals surface area (Å²) in [5.74, 6) is 0.0680. The normalized spacial score (nSPS) is 13.5. The van der Waals surface area contributed by atoms with Crippen LogP contribution in [-0.2, 0) is 4.79 Å². The summed E-state index contributed by atoms with van der Waals surface area (Å²) in [6.07, 6.45) is 3.40. The van der Waals surface area contributed by atoms with E-state index in [4.69, 9.17) is 5.73 Å². The maximum atomic E-state index is 11.5. The van der Waals surface area contributed by atoms with Crippen molar-refractivity contribution in [1.29, 1.82) is 0 Å². The Balaban J connectivity index is 3.66. The van der Waals surface area contributed by atoms with Gasteiger partial charge in [0.2, 0.25) is 5.91 Å². The van der Waals surface area contributed by atoms with Crippen molar-refractivity contribution in [3.63, 3.8) is 0 Å². The Morgan fingerprint density at radius 1 is 1.41 bits per heavy atom. The molecule has 102 valence electrons. The summed E-state index contributed by atoms with van der Waals surface area (Å²) in [5, 5.41) is 12.2. The van der Waals surface area contributed by atoms with Crippen LogP contribution in [0.4, 0.5) is 0 Å². The Labute approximate surface area is 105 Å². The molecule has 0 radical (unpaired) electrons. The molecule has 0 aromatic carbocycles. The lowest BCUT2D eigenvalue weighted by atomic mass is 9.84. The molecule has 0 fully saturated rings. The lowest BCUT2D eigenvalue weighted by Gasteiger charge is -2.23. The molecule has 4 nitrogen and oxygen atoms in total. The van der Waals surface area contributed by atoms with Crippen LogP contribution in [0.15, 0.2) is 0 Å². The molecule has 0 heterocycles. The molecule has 17 heavy (non-hydrogen) atoms. The lowest BCUT2D eigenvalue weighted by Crippen LogP contribution is -2.28. The number of rotatable bonds is 9. The van der Waals surface area contributed by atoms with E-state index in [0.717, 1.165) is 19.3 Å². The van der Waals surface area contributed by atoms with Gasteiger partial charge in [-0.05, 0) is 37.6 Å². The predicted molar refractivity (Wildman–Crippen MR) is 70.6 cm³/mol. The van der Waals surface area contributed by atoms with Gasteiger partial charge in [-0.3, -0.25) is 4.79 Å². The molecule has 0 aliphatic rings. The van der Waals surface area contributed by atoms with Crippen molar-refractivity contribution in [3.05, 3.63) is 0 Å². The van der Waals surface area contributed by atoms with Gasteiger partial charge < -0.3 is 16.2 Å². The fourth-order valence-electron chi connectivity index (χ4n) is 1.64. The quantitative estimate of drug-likeness (QED) is 0.574. The lowest BCUT2D eigenvalue weighted by molar-refractivity contribution is -0.121. The first-order chi connectivity index (χ1) is 7.91. The molecular weight excluding hydrogens is 216 g/mol. The fourth-order valence-corrected chi connectivity index (χ4v) is 1.64. The summed E-state index contributed by atoms with van der Waals surface area (Å²) in [6.45, 7) is 7.42. The third kappa shape index (κ3) is 9.12. The molecule has 0 aliphatic heterocycles. The van der Waals surface area contributed by atoms with Crippen LogP contribution in [0.25, 0.3) is 0 Å². The van der Waals surface area contributed by atoms with Crippen molar-refractivity contribution >= 4 is 5.91 Å². The molecule has 0 rings (SSSR count). The van der Waals surface area contributed by atoms with Crippen LogP contribution in [0.3, 0.4) is 0 Å². The Hall–Kier alpha value is -0.610. The molecule has 0 saturated heterocycles. The van der Waals surface area contributed by atoms with E-state index in [1.165, 1.54) is 0 Å². The molecule has 1 atom stereocenters. The number of nitrogens with one attached hydrogen (secondary N) is 1. The van der Waals surface area contributed by atoms with Crippen LogP contribution in [0, 0.1) is 5.41 Å². The smallest absolute Gasteiger partial charge is 0.220 e. The minimum absolute atomic E-state index is 0.0680. The van der Waals surface area contributed by atoms with E-state index in [0.29, 0.717) is 25.9 Å². The Kier molecular flexibility index (Phi) is 8.17. The second-order valence-electron chi connectivity index (χ2n) is 5.40. The second kappa shape index (κ2) is 8.48. The fraction of sp³-hybridized carbons (Fsp3) is 0.923. The highest BCUT2D eigenvalue weighted by atomic mass is 16.3. The maximum absolute atomic E-state index is 11.5. The minimum Gasteiger partial charge on any atom is -0.393 e. The van der Waals surface area contributed by atoms with Crippen molar-refractivity contribution in [2.45, 2.75) is 59.0 Å². The highest BCUT2D eigenvalue weighted by Crippen LogP contribution is 2.25. The van der Waals surface area contributed by atoms with Crippen LogP contribution >= 0.6 is 0 Å². The highest BCUT2D eigenvalue weighted by molar-refractivity contribution is 5.75. The molecule has 0 aromatic heterocycles. The van der Waals surface area contributed by atoms with Gasteiger partial charge >= 0.3 is 0 Å². The highest BCUT2D eigenvalue weighted by Gasteiger charge is 2.18. The van der Waals surface area contributed by atoms with Gasteiger partial charge in [0.05, 0.1) is 6.10 Å². The summed E-state index contributed by atoms with van der Waals surface area (Å²) < 4.78 is 0. The minimum atomic E-state index is -0.302. The summed E-state index contributed by atoms with van der Waals surface area (Å²) in [5.41, 5.74) is 5.66. The SMILES string of the molecule is CCC(O)CCNC(=O)CCC(C)(C)CCN. The van der Waals surface area contributed by atoms with Gasteiger partial charge in [0, 0.05) is 13.0 Å². The molecule has 4 N–H and O–H groups in total. The second-order valence-corrected chi connectivity index (χ2v) is 5.40. The van der Waals surface area contributed by atoms with Gasteiger partial charge in [-0.25, -0.2) is 0 Å². The first kappa shape index (κ1) is 16.4. The largest absolute Gasteiger partial charge is 0.393 e. The summed E-state index contributed by atoms with van der Waals surface area (Å²) in [7, 11) is 0. The number of carbonyl (C=O) groups is 1. The Morgan fingerprint density at radius 2 is 2.06 bits per heavy atom. The van der Waals surface area contributed by atoms with Gasteiger partial charge in [0.25, 0.3) is 0 Å². The van der Waals surface area contributed by atoms with Gasteiger partial charge in [-0.2, -0.15) is 0 Å². The zero-order chi connectivity index (χ0) is 13.3. The van der Waals surface area contributed by atoms with Crippen LogP contribution in [-0.4, -0.2) is 30.2 Å². The summed E-state index contributed by atoms with van der Waals surface area (Å²) in [4.78, 5) is 11.5. The molecule has 0 aromatic rings. The van der Waals surface area contributed by atoms with Gasteiger partial charge in [0.15, 0.2) is 0 Å². The number of hydrogen-bond acceptors (Lipinski definition) is 3. The van der Waals surface area contributed by atoms with E-state index < -0.39 is 0 Å². The van der Waals surface area contributed by atoms with E-state index in [1.54, 1.807) is 0 Å². The van der Waals surface area contributed by atoms with Crippen molar-refractivity contribution < 1.29 is 9.90 Å². The zero-order valence-corrected chi connectivity index (χ0v) is 11.5. The summed E-state index contributed by atoms with van der Waals surface area (Å²) in [6, 6.07) is 0. The van der Waals surface area contributed by atoms with Crippen LogP contribution < -0.4 is 11.1 Å². The number of aliphatic hydroxyl groups excluding tert-OH is 1. The predicted octanol–water partition coefficient (Wildman–Crippen LogP) is 1.42. The molecule has 4 heteroatoms. The average Bonchev–Trinajstić information content (AvgIpc) is 2.26. The van der Waals surface area contributed by atoms with Crippen LogP contribution in [0.1, 0.15) is 52.9 Å². The third-order valence-corrected chi connectivity index (χ3v) is 3.12. The van der Waals surface area contributed by atoms with Crippen molar-refractivity contribution in [1.82, 2.24) is 5.32 Å². The van der Waals surface area contributed by atoms with Crippen molar-refractivity contribution in [2.24, 2.45) is 11.1 Å². The van der Waals surface area contributed by atoms with E-state index in [9.17, 15) is 9.90 Å². The van der Waals surface area contributed by atoms with Gasteiger partial charge in [0.1, 0.15) is 0 Å².